The number of ether oxygens (including phenoxy) is 1. The van der Waals surface area contributed by atoms with Gasteiger partial charge in [-0.2, -0.15) is 5.11 Å². The SMILES string of the molecule is CC(C)(C)OC(=O)N[C@@H](CCC1(c2ccc3cnccc3c2)C=NN=N1)Cc1ccccc1. The molecule has 0 aliphatic carbocycles. The average Bonchev–Trinajstić information content (AvgIpc) is 3.27. The second-order valence-electron chi connectivity index (χ2n) is 9.37. The van der Waals surface area contributed by atoms with E-state index < -0.39 is 17.2 Å². The number of fused-ring (bicyclic) bond motifs is 1. The van der Waals surface area contributed by atoms with Crippen LogP contribution in [0.1, 0.15) is 44.7 Å². The van der Waals surface area contributed by atoms with Gasteiger partial charge >= 0.3 is 6.09 Å². The zero-order chi connectivity index (χ0) is 23.3. The molecule has 1 aromatic heterocycles. The maximum absolute atomic E-state index is 12.5. The number of carbonyl (C=O) groups is 1. The van der Waals surface area contributed by atoms with Crippen LogP contribution in [0.2, 0.25) is 0 Å². The smallest absolute Gasteiger partial charge is 0.407 e. The molecular formula is C26H29N5O2. The summed E-state index contributed by atoms with van der Waals surface area (Å²) >= 11 is 0. The summed E-state index contributed by atoms with van der Waals surface area (Å²) in [6.45, 7) is 5.58. The highest BCUT2D eigenvalue weighted by Crippen LogP contribution is 2.35. The van der Waals surface area contributed by atoms with Crippen molar-refractivity contribution in [1.82, 2.24) is 10.3 Å². The molecule has 2 heterocycles. The Hall–Kier alpha value is -3.61. The summed E-state index contributed by atoms with van der Waals surface area (Å²) in [6.07, 6.45) is 7.01. The van der Waals surface area contributed by atoms with Crippen molar-refractivity contribution in [2.24, 2.45) is 15.4 Å². The molecule has 1 N–H and O–H groups in total. The molecule has 0 bridgehead atoms. The van der Waals surface area contributed by atoms with E-state index in [-0.39, 0.29) is 6.04 Å². The Bertz CT molecular complexity index is 1160. The van der Waals surface area contributed by atoms with Crippen molar-refractivity contribution >= 4 is 23.1 Å². The van der Waals surface area contributed by atoms with Crippen LogP contribution in [0, 0.1) is 0 Å². The number of alkyl carbamates (subject to hydrolysis) is 1. The fraction of sp³-hybridized carbons (Fsp3) is 0.346. The Kier molecular flexibility index (Phi) is 6.49. The highest BCUT2D eigenvalue weighted by atomic mass is 16.6. The summed E-state index contributed by atoms with van der Waals surface area (Å²) in [6, 6.07) is 18.2. The Balaban J connectivity index is 1.55. The Morgan fingerprint density at radius 1 is 1.09 bits per heavy atom. The molecule has 0 spiro atoms. The maximum Gasteiger partial charge on any atom is 0.407 e. The summed E-state index contributed by atoms with van der Waals surface area (Å²) in [5.41, 5.74) is 0.936. The minimum atomic E-state index is -0.665. The fourth-order valence-electron chi connectivity index (χ4n) is 3.99. The summed E-state index contributed by atoms with van der Waals surface area (Å²) < 4.78 is 5.51. The van der Waals surface area contributed by atoms with Crippen LogP contribution in [0.3, 0.4) is 0 Å². The van der Waals surface area contributed by atoms with Crippen molar-refractivity contribution in [2.75, 3.05) is 0 Å². The van der Waals surface area contributed by atoms with E-state index in [4.69, 9.17) is 4.74 Å². The van der Waals surface area contributed by atoms with Gasteiger partial charge < -0.3 is 10.1 Å². The predicted octanol–water partition coefficient (Wildman–Crippen LogP) is 5.80. The van der Waals surface area contributed by atoms with E-state index in [0.29, 0.717) is 19.3 Å². The largest absolute Gasteiger partial charge is 0.444 e. The number of pyridine rings is 1. The fourth-order valence-corrected chi connectivity index (χ4v) is 3.99. The van der Waals surface area contributed by atoms with Gasteiger partial charge in [-0.15, -0.1) is 5.10 Å². The zero-order valence-corrected chi connectivity index (χ0v) is 19.2. The molecule has 170 valence electrons. The number of nitrogens with one attached hydrogen (secondary N) is 1. The number of rotatable bonds is 7. The monoisotopic (exact) mass is 443 g/mol. The van der Waals surface area contributed by atoms with Gasteiger partial charge in [0.25, 0.3) is 0 Å². The van der Waals surface area contributed by atoms with Crippen molar-refractivity contribution in [3.63, 3.8) is 0 Å². The van der Waals surface area contributed by atoms with E-state index in [1.807, 2.05) is 63.4 Å². The number of hydrogen-bond donors (Lipinski definition) is 1. The average molecular weight is 444 g/mol. The molecule has 33 heavy (non-hydrogen) atoms. The van der Waals surface area contributed by atoms with Crippen molar-refractivity contribution in [2.45, 2.75) is 57.2 Å². The summed E-state index contributed by atoms with van der Waals surface area (Å²) in [5.74, 6) is 0. The van der Waals surface area contributed by atoms with Crippen LogP contribution in [0.15, 0.2) is 82.4 Å². The quantitative estimate of drug-likeness (QED) is 0.501. The number of aromatic nitrogens is 1. The van der Waals surface area contributed by atoms with E-state index in [9.17, 15) is 4.79 Å². The van der Waals surface area contributed by atoms with Crippen LogP contribution in [0.5, 0.6) is 0 Å². The Morgan fingerprint density at radius 3 is 2.64 bits per heavy atom. The molecule has 1 aliphatic rings. The standard InChI is InChI=1S/C26H29N5O2/c1-25(2,3)33-24(32)29-23(15-19-7-5-4-6-8-19)11-13-26(18-28-31-30-26)22-10-9-21-17-27-14-12-20(21)16-22/h4-10,12,14,16-18,23H,11,13,15H2,1-3H3,(H,29,32)/t23-,26?/m0/s1. The lowest BCUT2D eigenvalue weighted by Gasteiger charge is -2.27. The van der Waals surface area contributed by atoms with Crippen LogP contribution in [0.25, 0.3) is 10.8 Å². The van der Waals surface area contributed by atoms with Crippen LogP contribution in [-0.2, 0) is 16.7 Å². The van der Waals surface area contributed by atoms with Gasteiger partial charge in [-0.1, -0.05) is 42.5 Å². The molecule has 4 rings (SSSR count). The molecular weight excluding hydrogens is 414 g/mol. The highest BCUT2D eigenvalue weighted by Gasteiger charge is 2.34. The van der Waals surface area contributed by atoms with Gasteiger partial charge in [0.1, 0.15) is 11.1 Å². The lowest BCUT2D eigenvalue weighted by Crippen LogP contribution is -2.41. The highest BCUT2D eigenvalue weighted by molar-refractivity contribution is 5.84. The number of benzene rings is 2. The van der Waals surface area contributed by atoms with E-state index in [2.05, 4.69) is 43.9 Å². The number of nitrogens with zero attached hydrogens (tertiary/aromatic N) is 4. The first-order valence-electron chi connectivity index (χ1n) is 11.2. The van der Waals surface area contributed by atoms with E-state index >= 15 is 0 Å². The van der Waals surface area contributed by atoms with Crippen molar-refractivity contribution in [1.29, 1.82) is 0 Å². The van der Waals surface area contributed by atoms with Crippen LogP contribution < -0.4 is 5.32 Å². The van der Waals surface area contributed by atoms with Crippen molar-refractivity contribution < 1.29 is 9.53 Å². The third kappa shape index (κ3) is 5.80. The molecule has 0 radical (unpaired) electrons. The molecule has 1 unspecified atom stereocenters. The van der Waals surface area contributed by atoms with Gasteiger partial charge in [0.15, 0.2) is 0 Å². The number of amides is 1. The van der Waals surface area contributed by atoms with Crippen LogP contribution in [-0.4, -0.2) is 28.9 Å². The minimum absolute atomic E-state index is 0.131. The first kappa shape index (κ1) is 22.6. The summed E-state index contributed by atoms with van der Waals surface area (Å²) in [7, 11) is 0. The van der Waals surface area contributed by atoms with E-state index in [0.717, 1.165) is 21.9 Å². The molecule has 7 nitrogen and oxygen atoms in total. The van der Waals surface area contributed by atoms with Gasteiger partial charge in [-0.05, 0) is 73.9 Å². The first-order valence-corrected chi connectivity index (χ1v) is 11.2. The zero-order valence-electron chi connectivity index (χ0n) is 19.2. The van der Waals surface area contributed by atoms with Gasteiger partial charge in [-0.3, -0.25) is 4.98 Å². The van der Waals surface area contributed by atoms with Crippen molar-refractivity contribution in [3.8, 4) is 0 Å². The molecule has 0 fully saturated rings. The minimum Gasteiger partial charge on any atom is -0.444 e. The van der Waals surface area contributed by atoms with E-state index in [1.165, 1.54) is 0 Å². The molecule has 0 saturated carbocycles. The maximum atomic E-state index is 12.5. The van der Waals surface area contributed by atoms with E-state index in [1.54, 1.807) is 12.4 Å². The third-order valence-corrected chi connectivity index (χ3v) is 5.61. The molecule has 0 saturated heterocycles. The topological polar surface area (TPSA) is 88.3 Å². The van der Waals surface area contributed by atoms with Gasteiger partial charge in [0, 0.05) is 23.8 Å². The normalized spacial score (nSPS) is 18.4. The Labute approximate surface area is 194 Å². The van der Waals surface area contributed by atoms with Gasteiger partial charge in [0.2, 0.25) is 0 Å². The summed E-state index contributed by atoms with van der Waals surface area (Å²) in [5, 5.41) is 17.7. The first-order chi connectivity index (χ1) is 15.8. The van der Waals surface area contributed by atoms with Crippen LogP contribution >= 0.6 is 0 Å². The molecule has 2 atom stereocenters. The second-order valence-corrected chi connectivity index (χ2v) is 9.37. The molecule has 7 heteroatoms. The van der Waals surface area contributed by atoms with Crippen LogP contribution in [0.4, 0.5) is 4.79 Å². The second kappa shape index (κ2) is 9.48. The lowest BCUT2D eigenvalue weighted by atomic mass is 9.84. The molecule has 3 aromatic rings. The Morgan fingerprint density at radius 2 is 1.91 bits per heavy atom. The van der Waals surface area contributed by atoms with Crippen molar-refractivity contribution in [3.05, 3.63) is 78.1 Å². The molecule has 2 aromatic carbocycles. The summed E-state index contributed by atoms with van der Waals surface area (Å²) in [4.78, 5) is 16.7. The predicted molar refractivity (Wildman–Crippen MR) is 129 cm³/mol. The number of carbonyl (C=O) groups excluding carboxylic acids is 1. The molecule has 1 aliphatic heterocycles. The lowest BCUT2D eigenvalue weighted by molar-refractivity contribution is 0.0500. The molecule has 1 amide bonds. The number of hydrogen-bond acceptors (Lipinski definition) is 6. The van der Waals surface area contributed by atoms with Gasteiger partial charge in [0.05, 0.1) is 6.21 Å². The third-order valence-electron chi connectivity index (χ3n) is 5.61. The van der Waals surface area contributed by atoms with Gasteiger partial charge in [-0.25, -0.2) is 4.79 Å².